The summed E-state index contributed by atoms with van der Waals surface area (Å²) in [6.45, 7) is 1.67. The van der Waals surface area contributed by atoms with Gasteiger partial charge in [-0.15, -0.1) is 11.3 Å². The van der Waals surface area contributed by atoms with E-state index in [1.165, 1.54) is 0 Å². The second-order valence-electron chi connectivity index (χ2n) is 4.44. The van der Waals surface area contributed by atoms with E-state index in [9.17, 15) is 9.59 Å². The summed E-state index contributed by atoms with van der Waals surface area (Å²) in [5, 5.41) is 7.26. The fraction of sp³-hybridized carbons (Fsp3) is 0.125. The van der Waals surface area contributed by atoms with Gasteiger partial charge in [0, 0.05) is 16.1 Å². The molecule has 1 heterocycles. The summed E-state index contributed by atoms with van der Waals surface area (Å²) >= 11 is 1.56. The van der Waals surface area contributed by atoms with Crippen molar-refractivity contribution in [2.75, 3.05) is 11.9 Å². The highest BCUT2D eigenvalue weighted by atomic mass is 32.1. The summed E-state index contributed by atoms with van der Waals surface area (Å²) in [6, 6.07) is 13.0. The zero-order chi connectivity index (χ0) is 15.1. The normalized spacial score (nSPS) is 11.0. The van der Waals surface area contributed by atoms with Gasteiger partial charge >= 0.3 is 0 Å². The maximum atomic E-state index is 11.9. The Morgan fingerprint density at radius 1 is 1.14 bits per heavy atom. The largest absolute Gasteiger partial charge is 0.343 e. The standard InChI is InChI=1S/C16H16N2O2S/c1-12(10-14-8-5-9-21-14)16(20)17-11-15(19)18-13-6-3-2-4-7-13/h2-10H,11H2,1H3,(H,17,20)(H,18,19)/b12-10+. The monoisotopic (exact) mass is 300 g/mol. The van der Waals surface area contributed by atoms with Crippen LogP contribution in [0.5, 0.6) is 0 Å². The van der Waals surface area contributed by atoms with Crippen molar-refractivity contribution in [1.29, 1.82) is 0 Å². The van der Waals surface area contributed by atoms with Gasteiger partial charge in [-0.3, -0.25) is 9.59 Å². The number of hydrogen-bond donors (Lipinski definition) is 2. The summed E-state index contributed by atoms with van der Waals surface area (Å²) < 4.78 is 0. The molecule has 0 aliphatic carbocycles. The summed E-state index contributed by atoms with van der Waals surface area (Å²) in [6.07, 6.45) is 1.80. The number of nitrogens with one attached hydrogen (secondary N) is 2. The number of para-hydroxylation sites is 1. The van der Waals surface area contributed by atoms with Gasteiger partial charge in [-0.05, 0) is 36.6 Å². The molecule has 0 saturated carbocycles. The van der Waals surface area contributed by atoms with Gasteiger partial charge in [-0.1, -0.05) is 24.3 Å². The van der Waals surface area contributed by atoms with Crippen molar-refractivity contribution in [2.24, 2.45) is 0 Å². The fourth-order valence-corrected chi connectivity index (χ4v) is 2.40. The molecule has 108 valence electrons. The molecular weight excluding hydrogens is 284 g/mol. The van der Waals surface area contributed by atoms with Crippen LogP contribution in [-0.2, 0) is 9.59 Å². The molecule has 0 spiro atoms. The molecule has 0 fully saturated rings. The fourth-order valence-electron chi connectivity index (χ4n) is 1.68. The molecule has 0 radical (unpaired) electrons. The molecule has 21 heavy (non-hydrogen) atoms. The van der Waals surface area contributed by atoms with Crippen LogP contribution < -0.4 is 10.6 Å². The van der Waals surface area contributed by atoms with E-state index >= 15 is 0 Å². The van der Waals surface area contributed by atoms with Crippen LogP contribution >= 0.6 is 11.3 Å². The Bertz CT molecular complexity index is 634. The Balaban J connectivity index is 1.82. The number of hydrogen-bond acceptors (Lipinski definition) is 3. The molecule has 0 atom stereocenters. The number of anilines is 1. The number of amides is 2. The molecule has 5 heteroatoms. The van der Waals surface area contributed by atoms with E-state index in [0.29, 0.717) is 11.3 Å². The van der Waals surface area contributed by atoms with Gasteiger partial charge in [-0.2, -0.15) is 0 Å². The highest BCUT2D eigenvalue weighted by Gasteiger charge is 2.07. The lowest BCUT2D eigenvalue weighted by Crippen LogP contribution is -2.33. The Morgan fingerprint density at radius 3 is 2.57 bits per heavy atom. The quantitative estimate of drug-likeness (QED) is 0.834. The minimum absolute atomic E-state index is 0.0522. The van der Waals surface area contributed by atoms with E-state index in [-0.39, 0.29) is 18.4 Å². The summed E-state index contributed by atoms with van der Waals surface area (Å²) in [7, 11) is 0. The smallest absolute Gasteiger partial charge is 0.247 e. The van der Waals surface area contributed by atoms with Crippen molar-refractivity contribution in [3.8, 4) is 0 Å². The zero-order valence-corrected chi connectivity index (χ0v) is 12.4. The molecule has 4 nitrogen and oxygen atoms in total. The lowest BCUT2D eigenvalue weighted by Gasteiger charge is -2.07. The average molecular weight is 300 g/mol. The third-order valence-corrected chi connectivity index (χ3v) is 3.55. The molecule has 1 aromatic carbocycles. The minimum Gasteiger partial charge on any atom is -0.343 e. The van der Waals surface area contributed by atoms with Crippen molar-refractivity contribution >= 4 is 34.9 Å². The van der Waals surface area contributed by atoms with E-state index in [0.717, 1.165) is 4.88 Å². The third kappa shape index (κ3) is 4.89. The Morgan fingerprint density at radius 2 is 1.90 bits per heavy atom. The van der Waals surface area contributed by atoms with Crippen LogP contribution in [0.1, 0.15) is 11.8 Å². The first kappa shape index (κ1) is 15.0. The lowest BCUT2D eigenvalue weighted by atomic mass is 10.2. The predicted molar refractivity (Wildman–Crippen MR) is 86.1 cm³/mol. The van der Waals surface area contributed by atoms with Crippen molar-refractivity contribution in [2.45, 2.75) is 6.92 Å². The zero-order valence-electron chi connectivity index (χ0n) is 11.6. The molecule has 0 bridgehead atoms. The van der Waals surface area contributed by atoms with Crippen LogP contribution in [0.15, 0.2) is 53.4 Å². The molecule has 2 amide bonds. The van der Waals surface area contributed by atoms with Crippen LogP contribution in [0.4, 0.5) is 5.69 Å². The second kappa shape index (κ2) is 7.40. The van der Waals surface area contributed by atoms with E-state index in [4.69, 9.17) is 0 Å². The Hall–Kier alpha value is -2.40. The molecule has 1 aromatic heterocycles. The van der Waals surface area contributed by atoms with Crippen molar-refractivity contribution in [1.82, 2.24) is 5.32 Å². The number of rotatable bonds is 5. The summed E-state index contributed by atoms with van der Waals surface area (Å²) in [5.41, 5.74) is 1.28. The molecule has 0 aliphatic rings. The van der Waals surface area contributed by atoms with E-state index < -0.39 is 0 Å². The molecule has 0 aliphatic heterocycles. The van der Waals surface area contributed by atoms with Gasteiger partial charge in [-0.25, -0.2) is 0 Å². The van der Waals surface area contributed by atoms with Gasteiger partial charge in [0.05, 0.1) is 6.54 Å². The maximum Gasteiger partial charge on any atom is 0.247 e. The lowest BCUT2D eigenvalue weighted by molar-refractivity contribution is -0.121. The first-order chi connectivity index (χ1) is 10.1. The first-order valence-corrected chi connectivity index (χ1v) is 7.38. The topological polar surface area (TPSA) is 58.2 Å². The van der Waals surface area contributed by atoms with Crippen LogP contribution in [0.2, 0.25) is 0 Å². The summed E-state index contributed by atoms with van der Waals surface area (Å²) in [5.74, 6) is -0.495. The van der Waals surface area contributed by atoms with Gasteiger partial charge in [0.2, 0.25) is 11.8 Å². The number of thiophene rings is 1. The molecule has 2 N–H and O–H groups in total. The van der Waals surface area contributed by atoms with E-state index in [1.807, 2.05) is 35.7 Å². The molecule has 2 aromatic rings. The summed E-state index contributed by atoms with van der Waals surface area (Å²) in [4.78, 5) is 24.6. The van der Waals surface area contributed by atoms with E-state index in [2.05, 4.69) is 10.6 Å². The second-order valence-corrected chi connectivity index (χ2v) is 5.42. The van der Waals surface area contributed by atoms with Crippen LogP contribution in [0.25, 0.3) is 6.08 Å². The predicted octanol–water partition coefficient (Wildman–Crippen LogP) is 2.91. The highest BCUT2D eigenvalue weighted by molar-refractivity contribution is 7.10. The number of benzene rings is 1. The van der Waals surface area contributed by atoms with Crippen molar-refractivity contribution in [3.05, 3.63) is 58.3 Å². The highest BCUT2D eigenvalue weighted by Crippen LogP contribution is 2.13. The van der Waals surface area contributed by atoms with E-state index in [1.54, 1.807) is 36.5 Å². The SMILES string of the molecule is C/C(=C\c1cccs1)C(=O)NCC(=O)Nc1ccccc1. The van der Waals surface area contributed by atoms with Crippen molar-refractivity contribution < 1.29 is 9.59 Å². The molecular formula is C16H16N2O2S. The van der Waals surface area contributed by atoms with Gasteiger partial charge in [0.25, 0.3) is 0 Å². The van der Waals surface area contributed by atoms with Gasteiger partial charge in [0.15, 0.2) is 0 Å². The average Bonchev–Trinajstić information content (AvgIpc) is 2.98. The number of carbonyl (C=O) groups excluding carboxylic acids is 2. The number of carbonyl (C=O) groups is 2. The van der Waals surface area contributed by atoms with Crippen LogP contribution in [-0.4, -0.2) is 18.4 Å². The Kier molecular flexibility index (Phi) is 5.29. The molecule has 0 saturated heterocycles. The molecule has 0 unspecified atom stereocenters. The van der Waals surface area contributed by atoms with Crippen LogP contribution in [0, 0.1) is 0 Å². The maximum absolute atomic E-state index is 11.9. The minimum atomic E-state index is -0.251. The van der Waals surface area contributed by atoms with Gasteiger partial charge < -0.3 is 10.6 Å². The first-order valence-electron chi connectivity index (χ1n) is 6.50. The Labute approximate surface area is 127 Å². The molecule has 2 rings (SSSR count). The van der Waals surface area contributed by atoms with Crippen molar-refractivity contribution in [3.63, 3.8) is 0 Å². The third-order valence-electron chi connectivity index (χ3n) is 2.73. The van der Waals surface area contributed by atoms with Crippen LogP contribution in [0.3, 0.4) is 0 Å². The van der Waals surface area contributed by atoms with Gasteiger partial charge in [0.1, 0.15) is 0 Å².